The lowest BCUT2D eigenvalue weighted by Crippen LogP contribution is -2.27. The third-order valence-electron chi connectivity index (χ3n) is 4.78. The molecule has 3 heterocycles. The summed E-state index contributed by atoms with van der Waals surface area (Å²) in [7, 11) is 0. The van der Waals surface area contributed by atoms with Gasteiger partial charge in [-0.25, -0.2) is 19.9 Å². The third kappa shape index (κ3) is 8.41. The first-order chi connectivity index (χ1) is 18.5. The van der Waals surface area contributed by atoms with Crippen molar-refractivity contribution >= 4 is 58.3 Å². The van der Waals surface area contributed by atoms with Gasteiger partial charge in [0.15, 0.2) is 0 Å². The van der Waals surface area contributed by atoms with Gasteiger partial charge in [-0.05, 0) is 24.9 Å². The Morgan fingerprint density at radius 2 is 1.90 bits per heavy atom. The minimum Gasteiger partial charge on any atom is -0.402 e. The number of alkyl halides is 3. The highest BCUT2D eigenvalue weighted by Crippen LogP contribution is 2.35. The molecule has 3 aromatic heterocycles. The number of carbonyl (C=O) groups excluding carboxylic acids is 2. The van der Waals surface area contributed by atoms with Crippen LogP contribution < -0.4 is 32.1 Å². The van der Waals surface area contributed by atoms with E-state index in [9.17, 15) is 22.8 Å². The summed E-state index contributed by atoms with van der Waals surface area (Å²) in [6.07, 6.45) is -0.0827. The van der Waals surface area contributed by atoms with Gasteiger partial charge in [0.05, 0.1) is 27.9 Å². The van der Waals surface area contributed by atoms with Gasteiger partial charge >= 0.3 is 6.18 Å². The van der Waals surface area contributed by atoms with E-state index in [-0.39, 0.29) is 16.4 Å². The van der Waals surface area contributed by atoms with Crippen LogP contribution in [0, 0.1) is 0 Å². The number of anilines is 2. The summed E-state index contributed by atoms with van der Waals surface area (Å²) >= 11 is 7.48. The number of aromatic nitrogens is 4. The summed E-state index contributed by atoms with van der Waals surface area (Å²) in [5.41, 5.74) is 4.37. The van der Waals surface area contributed by atoms with Crippen molar-refractivity contribution in [1.82, 2.24) is 30.6 Å². The maximum Gasteiger partial charge on any atom is 0.418 e. The topological polar surface area (TPSA) is 186 Å². The Kier molecular flexibility index (Phi) is 10.3. The number of nitrogens with one attached hydrogen (secondary N) is 4. The number of pyridine rings is 1. The fourth-order valence-corrected chi connectivity index (χ4v) is 4.21. The van der Waals surface area contributed by atoms with E-state index in [0.717, 1.165) is 29.5 Å². The van der Waals surface area contributed by atoms with Crippen molar-refractivity contribution < 1.29 is 22.8 Å². The number of rotatable bonds is 11. The van der Waals surface area contributed by atoms with E-state index in [1.54, 1.807) is 6.92 Å². The summed E-state index contributed by atoms with van der Waals surface area (Å²) in [5.74, 6) is -1.14. The molecule has 8 N–H and O–H groups in total. The van der Waals surface area contributed by atoms with Gasteiger partial charge in [-0.1, -0.05) is 11.6 Å². The number of nitrogens with two attached hydrogens (primary N) is 2. The predicted molar refractivity (Wildman–Crippen MR) is 143 cm³/mol. The Labute approximate surface area is 233 Å². The van der Waals surface area contributed by atoms with Gasteiger partial charge in [-0.15, -0.1) is 11.3 Å². The molecule has 0 aliphatic heterocycles. The zero-order chi connectivity index (χ0) is 28.6. The lowest BCUT2D eigenvalue weighted by Gasteiger charge is -2.12. The third-order valence-corrected chi connectivity index (χ3v) is 6.79. The maximum atomic E-state index is 13.1. The summed E-state index contributed by atoms with van der Waals surface area (Å²) in [6.45, 7) is 2.60. The van der Waals surface area contributed by atoms with Crippen LogP contribution in [0.1, 0.15) is 43.7 Å². The molecule has 0 aromatic carbocycles. The lowest BCUT2D eigenvalue weighted by molar-refractivity contribution is -0.137. The van der Waals surface area contributed by atoms with Crippen LogP contribution in [0.4, 0.5) is 24.8 Å². The number of halogens is 4. The van der Waals surface area contributed by atoms with Gasteiger partial charge in [0.2, 0.25) is 0 Å². The minimum atomic E-state index is -4.71. The quantitative estimate of drug-likeness (QED) is 0.140. The fourth-order valence-electron chi connectivity index (χ4n) is 2.92. The molecule has 0 radical (unpaired) electrons. The molecule has 0 aliphatic carbocycles. The molecule has 12 nitrogen and oxygen atoms in total. The van der Waals surface area contributed by atoms with Crippen LogP contribution in [-0.2, 0) is 6.18 Å². The van der Waals surface area contributed by atoms with E-state index in [4.69, 9.17) is 22.5 Å². The van der Waals surface area contributed by atoms with Gasteiger partial charge < -0.3 is 27.0 Å². The molecule has 0 spiro atoms. The van der Waals surface area contributed by atoms with Crippen molar-refractivity contribution in [3.05, 3.63) is 68.2 Å². The number of amides is 2. The van der Waals surface area contributed by atoms with Gasteiger partial charge in [0, 0.05) is 31.6 Å². The summed E-state index contributed by atoms with van der Waals surface area (Å²) in [6, 6.07) is 1.49. The standard InChI is InChI=1S/C21H22ClF3N10O2S2/c1-10(34-18(36)13-5-15(33-9-32-13)28-2-3-29-17(6-26)39-27)20-31-8-14(38-20)19(37)35-16-4-11(21(23,24)25)12(22)7-30-16/h4-10,29H,2-3,26-27H2,1H3,(H,34,36)(H,28,32,33)(H,30,35,37)/b17-6-. The normalized spacial score (nSPS) is 12.5. The average Bonchev–Trinajstić information content (AvgIpc) is 3.40. The highest BCUT2D eigenvalue weighted by molar-refractivity contribution is 8.00. The molecule has 0 aliphatic rings. The van der Waals surface area contributed by atoms with Crippen LogP contribution in [0.2, 0.25) is 5.02 Å². The van der Waals surface area contributed by atoms with E-state index < -0.39 is 34.6 Å². The van der Waals surface area contributed by atoms with E-state index in [1.807, 2.05) is 0 Å². The van der Waals surface area contributed by atoms with E-state index in [0.29, 0.717) is 35.0 Å². The second kappa shape index (κ2) is 13.4. The highest BCUT2D eigenvalue weighted by atomic mass is 35.5. The SMILES string of the molecule is CC(NC(=O)c1cc(NCCN/C(=C/N)SN)ncn1)c1ncc(C(=O)Nc2cc(C(F)(F)F)c(Cl)cn2)s1. The Bertz CT molecular complexity index is 1360. The first-order valence-corrected chi connectivity index (χ1v) is 13.0. The largest absolute Gasteiger partial charge is 0.418 e. The van der Waals surface area contributed by atoms with Crippen molar-refractivity contribution in [2.45, 2.75) is 19.1 Å². The van der Waals surface area contributed by atoms with Crippen molar-refractivity contribution in [3.63, 3.8) is 0 Å². The monoisotopic (exact) mass is 602 g/mol. The molecule has 0 bridgehead atoms. The molecule has 3 aromatic rings. The van der Waals surface area contributed by atoms with Crippen molar-refractivity contribution in [2.24, 2.45) is 10.9 Å². The fraction of sp³-hybridized carbons (Fsp3) is 0.238. The summed E-state index contributed by atoms with van der Waals surface area (Å²) in [4.78, 5) is 41.2. The number of nitrogens with zero attached hydrogens (tertiary/aromatic N) is 4. The smallest absolute Gasteiger partial charge is 0.402 e. The first-order valence-electron chi connectivity index (χ1n) is 10.9. The van der Waals surface area contributed by atoms with Crippen LogP contribution in [0.5, 0.6) is 0 Å². The number of hydrogen-bond donors (Lipinski definition) is 6. The Hall–Kier alpha value is -3.67. The minimum absolute atomic E-state index is 0.0937. The molecule has 0 saturated heterocycles. The molecule has 3 rings (SSSR count). The highest BCUT2D eigenvalue weighted by Gasteiger charge is 2.34. The molecular weight excluding hydrogens is 581 g/mol. The average molecular weight is 603 g/mol. The molecule has 208 valence electrons. The van der Waals surface area contributed by atoms with Gasteiger partial charge in [-0.3, -0.25) is 14.7 Å². The van der Waals surface area contributed by atoms with Crippen molar-refractivity contribution in [1.29, 1.82) is 0 Å². The second-order valence-electron chi connectivity index (χ2n) is 7.55. The number of carbonyl (C=O) groups is 2. The van der Waals surface area contributed by atoms with Crippen LogP contribution in [0.15, 0.2) is 42.1 Å². The number of hydrogen-bond acceptors (Lipinski definition) is 12. The van der Waals surface area contributed by atoms with Crippen LogP contribution in [0.3, 0.4) is 0 Å². The molecule has 18 heteroatoms. The van der Waals surface area contributed by atoms with Crippen LogP contribution in [-0.4, -0.2) is 44.8 Å². The molecule has 1 unspecified atom stereocenters. The van der Waals surface area contributed by atoms with E-state index >= 15 is 0 Å². The zero-order valence-corrected chi connectivity index (χ0v) is 22.4. The van der Waals surface area contributed by atoms with E-state index in [2.05, 4.69) is 41.2 Å². The Balaban J connectivity index is 1.58. The molecule has 0 fully saturated rings. The molecule has 39 heavy (non-hydrogen) atoms. The predicted octanol–water partition coefficient (Wildman–Crippen LogP) is 3.11. The van der Waals surface area contributed by atoms with Gasteiger partial charge in [-0.2, -0.15) is 13.2 Å². The van der Waals surface area contributed by atoms with Gasteiger partial charge in [0.1, 0.15) is 33.5 Å². The maximum absolute atomic E-state index is 13.1. The van der Waals surface area contributed by atoms with Crippen molar-refractivity contribution in [2.75, 3.05) is 23.7 Å². The Morgan fingerprint density at radius 1 is 1.13 bits per heavy atom. The molecule has 1 atom stereocenters. The second-order valence-corrected chi connectivity index (χ2v) is 9.69. The summed E-state index contributed by atoms with van der Waals surface area (Å²) < 4.78 is 39.2. The van der Waals surface area contributed by atoms with E-state index in [1.165, 1.54) is 24.8 Å². The number of thiazole rings is 1. The first kappa shape index (κ1) is 29.9. The Morgan fingerprint density at radius 3 is 2.59 bits per heavy atom. The zero-order valence-electron chi connectivity index (χ0n) is 20.0. The van der Waals surface area contributed by atoms with Crippen molar-refractivity contribution in [3.8, 4) is 0 Å². The van der Waals surface area contributed by atoms with Gasteiger partial charge in [0.25, 0.3) is 11.8 Å². The lowest BCUT2D eigenvalue weighted by atomic mass is 10.2. The molecule has 2 amide bonds. The van der Waals surface area contributed by atoms with Crippen LogP contribution in [0.25, 0.3) is 0 Å². The molecule has 0 saturated carbocycles. The molecular formula is C21H22ClF3N10O2S2. The summed E-state index contributed by atoms with van der Waals surface area (Å²) in [5, 5.41) is 16.9. The van der Waals surface area contributed by atoms with Crippen LogP contribution >= 0.6 is 34.9 Å².